The summed E-state index contributed by atoms with van der Waals surface area (Å²) in [6.45, 7) is 1.49. The molecule has 1 aromatic carbocycles. The van der Waals surface area contributed by atoms with Gasteiger partial charge in [-0.05, 0) is 12.1 Å². The van der Waals surface area contributed by atoms with Crippen LogP contribution in [-0.4, -0.2) is 48.5 Å². The molecule has 1 rings (SSSR count). The van der Waals surface area contributed by atoms with Crippen molar-refractivity contribution in [1.82, 2.24) is 0 Å². The van der Waals surface area contributed by atoms with Crippen LogP contribution in [0, 0.1) is 10.1 Å². The van der Waals surface area contributed by atoms with E-state index in [9.17, 15) is 10.1 Å². The molecule has 19 heavy (non-hydrogen) atoms. The second kappa shape index (κ2) is 7.67. The Hall–Kier alpha value is -1.70. The van der Waals surface area contributed by atoms with Crippen LogP contribution in [0.15, 0.2) is 18.2 Å². The maximum Gasteiger partial charge on any atom is 0.311 e. The molecule has 0 spiro atoms. The lowest BCUT2D eigenvalue weighted by atomic mass is 10.1. The zero-order valence-corrected chi connectivity index (χ0v) is 10.8. The zero-order valence-electron chi connectivity index (χ0n) is 10.8. The molecule has 106 valence electrons. The highest BCUT2D eigenvalue weighted by Gasteiger charge is 2.17. The lowest BCUT2D eigenvalue weighted by Gasteiger charge is -2.17. The van der Waals surface area contributed by atoms with Crippen molar-refractivity contribution in [3.63, 3.8) is 0 Å². The Bertz CT molecular complexity index is 419. The first-order valence-corrected chi connectivity index (χ1v) is 5.99. The minimum Gasteiger partial charge on any atom is -0.490 e. The molecule has 0 saturated heterocycles. The standard InChI is InChI=1S/C12H18N2O5/c1-19-12-3-2-10(8-11(12)14(17)18)9-13(4-6-15)5-7-16/h2-3,8,15-16H,4-7,9H2,1H3/p+1. The second-order valence-electron chi connectivity index (χ2n) is 4.14. The van der Waals surface area contributed by atoms with Crippen molar-refractivity contribution in [2.24, 2.45) is 0 Å². The average Bonchev–Trinajstić information content (AvgIpc) is 2.39. The summed E-state index contributed by atoms with van der Waals surface area (Å²) in [4.78, 5) is 11.4. The Balaban J connectivity index is 2.88. The lowest BCUT2D eigenvalue weighted by molar-refractivity contribution is -0.914. The number of quaternary nitrogens is 1. The van der Waals surface area contributed by atoms with Gasteiger partial charge in [0.05, 0.1) is 25.2 Å². The number of ether oxygens (including phenoxy) is 1. The fraction of sp³-hybridized carbons (Fsp3) is 0.500. The first-order chi connectivity index (χ1) is 9.12. The molecule has 7 nitrogen and oxygen atoms in total. The predicted octanol–water partition coefficient (Wildman–Crippen LogP) is -1.03. The monoisotopic (exact) mass is 271 g/mol. The number of nitro groups is 1. The van der Waals surface area contributed by atoms with Crippen LogP contribution in [0.4, 0.5) is 5.69 Å². The van der Waals surface area contributed by atoms with Crippen molar-refractivity contribution in [3.8, 4) is 5.75 Å². The molecular weight excluding hydrogens is 252 g/mol. The van der Waals surface area contributed by atoms with E-state index in [1.54, 1.807) is 12.1 Å². The molecule has 1 aromatic rings. The van der Waals surface area contributed by atoms with Crippen molar-refractivity contribution in [3.05, 3.63) is 33.9 Å². The van der Waals surface area contributed by atoms with E-state index in [2.05, 4.69) is 0 Å². The molecule has 3 N–H and O–H groups in total. The van der Waals surface area contributed by atoms with Gasteiger partial charge in [-0.2, -0.15) is 0 Å². The number of aliphatic hydroxyl groups excluding tert-OH is 2. The maximum absolute atomic E-state index is 10.9. The van der Waals surface area contributed by atoms with Crippen LogP contribution in [0.5, 0.6) is 5.75 Å². The van der Waals surface area contributed by atoms with E-state index in [1.807, 2.05) is 0 Å². The molecule has 0 aromatic heterocycles. The SMILES string of the molecule is COc1ccc(C[NH+](CCO)CCO)cc1[N+](=O)[O-]. The Labute approximate surface area is 111 Å². The van der Waals surface area contributed by atoms with Gasteiger partial charge >= 0.3 is 5.69 Å². The number of hydrogen-bond acceptors (Lipinski definition) is 5. The number of nitrogens with one attached hydrogen (secondary N) is 1. The summed E-state index contributed by atoms with van der Waals surface area (Å²) in [5.74, 6) is 0.222. The van der Waals surface area contributed by atoms with E-state index in [0.717, 1.165) is 10.5 Å². The number of methoxy groups -OCH3 is 1. The highest BCUT2D eigenvalue weighted by molar-refractivity contribution is 5.48. The van der Waals surface area contributed by atoms with Crippen LogP contribution in [0.25, 0.3) is 0 Å². The highest BCUT2D eigenvalue weighted by atomic mass is 16.6. The number of aliphatic hydroxyl groups is 2. The van der Waals surface area contributed by atoms with Crippen molar-refractivity contribution in [1.29, 1.82) is 0 Å². The summed E-state index contributed by atoms with van der Waals surface area (Å²) in [5, 5.41) is 28.8. The quantitative estimate of drug-likeness (QED) is 0.415. The Kier molecular flexibility index (Phi) is 6.20. The second-order valence-corrected chi connectivity index (χ2v) is 4.14. The minimum atomic E-state index is -0.486. The molecule has 0 saturated carbocycles. The molecule has 0 amide bonds. The van der Waals surface area contributed by atoms with E-state index in [-0.39, 0.29) is 24.7 Å². The van der Waals surface area contributed by atoms with Gasteiger partial charge < -0.3 is 19.8 Å². The molecule has 0 heterocycles. The molecule has 0 unspecified atom stereocenters. The number of rotatable bonds is 8. The molecule has 0 bridgehead atoms. The molecule has 0 atom stereocenters. The van der Waals surface area contributed by atoms with E-state index >= 15 is 0 Å². The van der Waals surface area contributed by atoms with E-state index in [4.69, 9.17) is 14.9 Å². The van der Waals surface area contributed by atoms with Crippen molar-refractivity contribution < 1.29 is 24.8 Å². The van der Waals surface area contributed by atoms with Crippen LogP contribution in [0.3, 0.4) is 0 Å². The number of benzene rings is 1. The maximum atomic E-state index is 10.9. The molecule has 0 radical (unpaired) electrons. The molecule has 0 fully saturated rings. The number of nitro benzene ring substituents is 1. The largest absolute Gasteiger partial charge is 0.490 e. The summed E-state index contributed by atoms with van der Waals surface area (Å²) < 4.78 is 4.93. The van der Waals surface area contributed by atoms with Gasteiger partial charge in [0.15, 0.2) is 5.75 Å². The van der Waals surface area contributed by atoms with Gasteiger partial charge in [-0.25, -0.2) is 0 Å². The molecular formula is C12H19N2O5+. The van der Waals surface area contributed by atoms with Crippen LogP contribution in [0.1, 0.15) is 5.56 Å². The van der Waals surface area contributed by atoms with Crippen LogP contribution in [-0.2, 0) is 6.54 Å². The van der Waals surface area contributed by atoms with Gasteiger partial charge in [-0.1, -0.05) is 0 Å². The topological polar surface area (TPSA) is 97.3 Å². The average molecular weight is 271 g/mol. The smallest absolute Gasteiger partial charge is 0.311 e. The lowest BCUT2D eigenvalue weighted by Crippen LogP contribution is -3.11. The fourth-order valence-electron chi connectivity index (χ4n) is 1.89. The van der Waals surface area contributed by atoms with Crippen LogP contribution >= 0.6 is 0 Å². The first kappa shape index (κ1) is 15.4. The summed E-state index contributed by atoms with van der Waals surface area (Å²) in [6, 6.07) is 4.77. The Morgan fingerprint density at radius 1 is 1.32 bits per heavy atom. The Morgan fingerprint density at radius 2 is 1.95 bits per heavy atom. The van der Waals surface area contributed by atoms with E-state index in [1.165, 1.54) is 13.2 Å². The van der Waals surface area contributed by atoms with Gasteiger partial charge in [0, 0.05) is 11.6 Å². The van der Waals surface area contributed by atoms with Crippen LogP contribution < -0.4 is 9.64 Å². The normalized spacial score (nSPS) is 10.7. The Morgan fingerprint density at radius 3 is 2.42 bits per heavy atom. The van der Waals surface area contributed by atoms with Gasteiger partial charge in [0.1, 0.15) is 19.6 Å². The molecule has 0 aliphatic rings. The number of nitrogens with zero attached hydrogens (tertiary/aromatic N) is 1. The zero-order chi connectivity index (χ0) is 14.3. The highest BCUT2D eigenvalue weighted by Crippen LogP contribution is 2.27. The van der Waals surface area contributed by atoms with Crippen LogP contribution in [0.2, 0.25) is 0 Å². The third-order valence-electron chi connectivity index (χ3n) is 2.82. The molecule has 0 aliphatic heterocycles. The molecule has 0 aliphatic carbocycles. The van der Waals surface area contributed by atoms with Crippen molar-refractivity contribution >= 4 is 5.69 Å². The third kappa shape index (κ3) is 4.47. The first-order valence-electron chi connectivity index (χ1n) is 5.99. The predicted molar refractivity (Wildman–Crippen MR) is 68.2 cm³/mol. The number of hydrogen-bond donors (Lipinski definition) is 3. The summed E-state index contributed by atoms with van der Waals surface area (Å²) in [7, 11) is 1.39. The van der Waals surface area contributed by atoms with Crippen molar-refractivity contribution in [2.75, 3.05) is 33.4 Å². The van der Waals surface area contributed by atoms with Gasteiger partial charge in [0.25, 0.3) is 0 Å². The van der Waals surface area contributed by atoms with E-state index in [0.29, 0.717) is 19.6 Å². The van der Waals surface area contributed by atoms with Gasteiger partial charge in [-0.3, -0.25) is 10.1 Å². The minimum absolute atomic E-state index is 0.00752. The van der Waals surface area contributed by atoms with Crippen molar-refractivity contribution in [2.45, 2.75) is 6.54 Å². The molecule has 7 heteroatoms. The van der Waals surface area contributed by atoms with Gasteiger partial charge in [0.2, 0.25) is 0 Å². The summed E-state index contributed by atoms with van der Waals surface area (Å²) >= 11 is 0. The summed E-state index contributed by atoms with van der Waals surface area (Å²) in [6.07, 6.45) is 0. The van der Waals surface area contributed by atoms with Gasteiger partial charge in [-0.15, -0.1) is 0 Å². The summed E-state index contributed by atoms with van der Waals surface area (Å²) in [5.41, 5.74) is 0.691. The van der Waals surface area contributed by atoms with E-state index < -0.39 is 4.92 Å². The fourth-order valence-corrected chi connectivity index (χ4v) is 1.89. The third-order valence-corrected chi connectivity index (χ3v) is 2.82.